The smallest absolute Gasteiger partial charge is 0.338 e. The van der Waals surface area contributed by atoms with E-state index >= 15 is 0 Å². The molecule has 154 valence electrons. The second-order valence-electron chi connectivity index (χ2n) is 7.00. The van der Waals surface area contributed by atoms with Crippen LogP contribution in [-0.2, 0) is 22.4 Å². The summed E-state index contributed by atoms with van der Waals surface area (Å²) in [4.78, 5) is 37.4. The number of primary amides is 1. The predicted molar refractivity (Wildman–Crippen MR) is 111 cm³/mol. The van der Waals surface area contributed by atoms with Crippen LogP contribution in [0.2, 0.25) is 0 Å². The molecule has 8 heteroatoms. The second kappa shape index (κ2) is 9.09. The van der Waals surface area contributed by atoms with E-state index in [4.69, 9.17) is 15.2 Å². The molecular formula is C21H24N2O5S. The van der Waals surface area contributed by atoms with Crippen molar-refractivity contribution in [3.8, 4) is 5.75 Å². The Hall–Kier alpha value is -2.87. The summed E-state index contributed by atoms with van der Waals surface area (Å²) in [5.41, 5.74) is 7.18. The lowest BCUT2D eigenvalue weighted by atomic mass is 9.88. The molecule has 1 aliphatic rings. The van der Waals surface area contributed by atoms with Crippen molar-refractivity contribution >= 4 is 34.1 Å². The van der Waals surface area contributed by atoms with Crippen molar-refractivity contribution < 1.29 is 23.9 Å². The molecule has 2 amide bonds. The van der Waals surface area contributed by atoms with Gasteiger partial charge >= 0.3 is 5.97 Å². The summed E-state index contributed by atoms with van der Waals surface area (Å²) in [7, 11) is 0. The molecule has 0 bridgehead atoms. The van der Waals surface area contributed by atoms with E-state index in [-0.39, 0.29) is 0 Å². The molecule has 2 aromatic rings. The van der Waals surface area contributed by atoms with Gasteiger partial charge in [0.25, 0.3) is 11.8 Å². The third kappa shape index (κ3) is 4.95. The third-order valence-electron chi connectivity index (χ3n) is 4.75. The van der Waals surface area contributed by atoms with Crippen LogP contribution in [0.15, 0.2) is 24.3 Å². The van der Waals surface area contributed by atoms with Crippen molar-refractivity contribution in [3.05, 3.63) is 45.8 Å². The molecule has 0 saturated carbocycles. The van der Waals surface area contributed by atoms with Crippen LogP contribution in [0.1, 0.15) is 51.4 Å². The zero-order valence-electron chi connectivity index (χ0n) is 16.4. The number of ether oxygens (including phenoxy) is 2. The average molecular weight is 416 g/mol. The van der Waals surface area contributed by atoms with Gasteiger partial charge in [0.05, 0.1) is 17.7 Å². The number of nitrogens with one attached hydrogen (secondary N) is 1. The number of hydrogen-bond donors (Lipinski definition) is 2. The van der Waals surface area contributed by atoms with Crippen LogP contribution < -0.4 is 15.8 Å². The van der Waals surface area contributed by atoms with Crippen molar-refractivity contribution in [2.45, 2.75) is 33.1 Å². The lowest BCUT2D eigenvalue weighted by molar-refractivity contribution is -0.119. The van der Waals surface area contributed by atoms with E-state index in [9.17, 15) is 14.4 Å². The molecule has 1 atom stereocenters. The first-order chi connectivity index (χ1) is 13.9. The van der Waals surface area contributed by atoms with Gasteiger partial charge in [0.2, 0.25) is 0 Å². The highest BCUT2D eigenvalue weighted by Crippen LogP contribution is 2.39. The molecule has 0 spiro atoms. The fourth-order valence-corrected chi connectivity index (χ4v) is 4.76. The van der Waals surface area contributed by atoms with Crippen LogP contribution in [0.25, 0.3) is 0 Å². The maximum absolute atomic E-state index is 12.3. The van der Waals surface area contributed by atoms with E-state index in [1.165, 1.54) is 11.3 Å². The number of anilines is 1. The molecule has 29 heavy (non-hydrogen) atoms. The van der Waals surface area contributed by atoms with E-state index < -0.39 is 24.4 Å². The van der Waals surface area contributed by atoms with Crippen molar-refractivity contribution in [2.75, 3.05) is 18.5 Å². The fourth-order valence-electron chi connectivity index (χ4n) is 3.33. The Balaban J connectivity index is 1.62. The van der Waals surface area contributed by atoms with Crippen molar-refractivity contribution in [1.82, 2.24) is 0 Å². The normalized spacial score (nSPS) is 15.3. The zero-order chi connectivity index (χ0) is 21.0. The molecule has 0 radical (unpaired) electrons. The number of rotatable bonds is 7. The number of benzene rings is 1. The Labute approximate surface area is 173 Å². The molecule has 3 rings (SSSR count). The average Bonchev–Trinajstić information content (AvgIpc) is 3.03. The molecular weight excluding hydrogens is 392 g/mol. The molecule has 0 fully saturated rings. The van der Waals surface area contributed by atoms with Gasteiger partial charge in [-0.1, -0.05) is 6.92 Å². The molecule has 0 aliphatic heterocycles. The lowest BCUT2D eigenvalue weighted by Gasteiger charge is -2.18. The van der Waals surface area contributed by atoms with E-state index in [1.807, 2.05) is 6.92 Å². The predicted octanol–water partition coefficient (Wildman–Crippen LogP) is 3.17. The van der Waals surface area contributed by atoms with E-state index in [2.05, 4.69) is 12.2 Å². The summed E-state index contributed by atoms with van der Waals surface area (Å²) >= 11 is 1.37. The number of hydrogen-bond acceptors (Lipinski definition) is 6. The number of thiophene rings is 1. The van der Waals surface area contributed by atoms with E-state index in [0.29, 0.717) is 34.4 Å². The molecule has 1 aromatic carbocycles. The molecule has 1 aromatic heterocycles. The monoisotopic (exact) mass is 416 g/mol. The fraction of sp³-hybridized carbons (Fsp3) is 0.381. The number of fused-ring (bicyclic) bond motifs is 1. The van der Waals surface area contributed by atoms with Gasteiger partial charge in [0.1, 0.15) is 10.8 Å². The minimum atomic E-state index is -0.613. The zero-order valence-corrected chi connectivity index (χ0v) is 17.3. The Bertz CT molecular complexity index is 920. The van der Waals surface area contributed by atoms with Gasteiger partial charge < -0.3 is 20.5 Å². The Morgan fingerprint density at radius 3 is 2.62 bits per heavy atom. The number of carbonyl (C=O) groups is 3. The highest BCUT2D eigenvalue weighted by atomic mass is 32.1. The highest BCUT2D eigenvalue weighted by Gasteiger charge is 2.27. The second-order valence-corrected chi connectivity index (χ2v) is 8.11. The minimum absolute atomic E-state index is 0.319. The van der Waals surface area contributed by atoms with E-state index in [0.717, 1.165) is 29.7 Å². The van der Waals surface area contributed by atoms with Gasteiger partial charge in [-0.25, -0.2) is 4.79 Å². The summed E-state index contributed by atoms with van der Waals surface area (Å²) in [5.74, 6) is -0.507. The first-order valence-electron chi connectivity index (χ1n) is 9.53. The van der Waals surface area contributed by atoms with Gasteiger partial charge in [-0.2, -0.15) is 0 Å². The van der Waals surface area contributed by atoms with Crippen molar-refractivity contribution in [3.63, 3.8) is 0 Å². The van der Waals surface area contributed by atoms with Crippen LogP contribution in [0.3, 0.4) is 0 Å². The Morgan fingerprint density at radius 2 is 1.97 bits per heavy atom. The minimum Gasteiger partial charge on any atom is -0.494 e. The summed E-state index contributed by atoms with van der Waals surface area (Å²) in [6.07, 6.45) is 2.62. The van der Waals surface area contributed by atoms with Crippen LogP contribution in [-0.4, -0.2) is 31.0 Å². The number of carbonyl (C=O) groups excluding carboxylic acids is 3. The molecule has 0 saturated heterocycles. The van der Waals surface area contributed by atoms with Gasteiger partial charge in [-0.3, -0.25) is 9.59 Å². The number of amides is 2. The maximum atomic E-state index is 12.3. The van der Waals surface area contributed by atoms with Crippen molar-refractivity contribution in [2.24, 2.45) is 11.7 Å². The standard InChI is InChI=1S/C21H24N2O5S/c1-3-27-14-7-5-13(6-8-14)21(26)28-11-17(24)23-20-18(19(22)25)15-9-4-12(2)10-16(15)29-20/h5-8,12H,3-4,9-11H2,1-2H3,(H2,22,25)(H,23,24)/t12-/m1/s1. The molecule has 3 N–H and O–H groups in total. The Kier molecular flexibility index (Phi) is 6.53. The maximum Gasteiger partial charge on any atom is 0.338 e. The Morgan fingerprint density at radius 1 is 1.24 bits per heavy atom. The van der Waals surface area contributed by atoms with Gasteiger partial charge in [0.15, 0.2) is 6.61 Å². The van der Waals surface area contributed by atoms with Crippen LogP contribution in [0.4, 0.5) is 5.00 Å². The number of esters is 1. The first kappa shape index (κ1) is 20.9. The summed E-state index contributed by atoms with van der Waals surface area (Å²) in [6.45, 7) is 4.10. The SMILES string of the molecule is CCOc1ccc(C(=O)OCC(=O)Nc2sc3c(c2C(N)=O)CC[C@@H](C)C3)cc1. The van der Waals surface area contributed by atoms with E-state index in [1.54, 1.807) is 24.3 Å². The van der Waals surface area contributed by atoms with Crippen LogP contribution >= 0.6 is 11.3 Å². The van der Waals surface area contributed by atoms with Gasteiger partial charge in [-0.15, -0.1) is 11.3 Å². The summed E-state index contributed by atoms with van der Waals surface area (Å²) in [5, 5.41) is 3.11. The first-order valence-corrected chi connectivity index (χ1v) is 10.3. The quantitative estimate of drug-likeness (QED) is 0.674. The highest BCUT2D eigenvalue weighted by molar-refractivity contribution is 7.17. The van der Waals surface area contributed by atoms with Crippen LogP contribution in [0.5, 0.6) is 5.75 Å². The number of nitrogens with two attached hydrogens (primary N) is 1. The van der Waals surface area contributed by atoms with Gasteiger partial charge in [-0.05, 0) is 61.9 Å². The summed E-state index contributed by atoms with van der Waals surface area (Å²) in [6, 6.07) is 6.47. The van der Waals surface area contributed by atoms with Crippen LogP contribution in [0, 0.1) is 5.92 Å². The third-order valence-corrected chi connectivity index (χ3v) is 5.92. The lowest BCUT2D eigenvalue weighted by Crippen LogP contribution is -2.23. The largest absolute Gasteiger partial charge is 0.494 e. The van der Waals surface area contributed by atoms with Gasteiger partial charge in [0, 0.05) is 4.88 Å². The van der Waals surface area contributed by atoms with Crippen molar-refractivity contribution in [1.29, 1.82) is 0 Å². The molecule has 1 aliphatic carbocycles. The summed E-state index contributed by atoms with van der Waals surface area (Å²) < 4.78 is 10.4. The topological polar surface area (TPSA) is 108 Å². The molecule has 0 unspecified atom stereocenters. The molecule has 7 nitrogen and oxygen atoms in total. The molecule has 1 heterocycles.